The number of aromatic amines is 1. The third-order valence-corrected chi connectivity index (χ3v) is 5.76. The maximum Gasteiger partial charge on any atom is 0.337 e. The van der Waals surface area contributed by atoms with Gasteiger partial charge in [0.25, 0.3) is 5.91 Å². The molecule has 0 radical (unpaired) electrons. The maximum atomic E-state index is 13.1. The van der Waals surface area contributed by atoms with Crippen molar-refractivity contribution in [2.75, 3.05) is 17.7 Å². The van der Waals surface area contributed by atoms with Crippen LogP contribution in [0.25, 0.3) is 22.5 Å². The lowest BCUT2D eigenvalue weighted by atomic mass is 9.99. The average Bonchev–Trinajstić information content (AvgIpc) is 3.44. The number of nitrogens with one attached hydrogen (secondary N) is 3. The quantitative estimate of drug-likeness (QED) is 0.290. The summed E-state index contributed by atoms with van der Waals surface area (Å²) >= 11 is 0. The van der Waals surface area contributed by atoms with Gasteiger partial charge in [0, 0.05) is 22.5 Å². The Kier molecular flexibility index (Phi) is 5.43. The van der Waals surface area contributed by atoms with Crippen molar-refractivity contribution in [3.63, 3.8) is 0 Å². The molecule has 0 saturated carbocycles. The van der Waals surface area contributed by atoms with E-state index in [1.807, 2.05) is 61.5 Å². The number of rotatable bonds is 5. The highest BCUT2D eigenvalue weighted by Crippen LogP contribution is 2.38. The summed E-state index contributed by atoms with van der Waals surface area (Å²) in [5, 5.41) is 6.32. The number of benzene rings is 3. The predicted octanol–water partition coefficient (Wildman–Crippen LogP) is 5.10. The van der Waals surface area contributed by atoms with Gasteiger partial charge in [0.15, 0.2) is 0 Å². The second-order valence-electron chi connectivity index (χ2n) is 7.90. The number of hydrogen-bond acceptors (Lipinski definition) is 5. The number of anilines is 2. The summed E-state index contributed by atoms with van der Waals surface area (Å²) in [6.45, 7) is 1.98. The fraction of sp³-hybridized carbons (Fsp3) is 0.0741. The van der Waals surface area contributed by atoms with E-state index in [1.54, 1.807) is 24.5 Å². The summed E-state index contributed by atoms with van der Waals surface area (Å²) in [5.74, 6) is -0.699. The summed E-state index contributed by atoms with van der Waals surface area (Å²) in [6, 6.07) is 22.6. The Labute approximate surface area is 196 Å². The monoisotopic (exact) mass is 450 g/mol. The van der Waals surface area contributed by atoms with Crippen LogP contribution in [0.15, 0.2) is 79.1 Å². The molecule has 1 amide bonds. The molecule has 0 atom stereocenters. The Morgan fingerprint density at radius 1 is 0.971 bits per heavy atom. The number of aryl methyl sites for hydroxylation is 1. The van der Waals surface area contributed by atoms with Gasteiger partial charge in [0.1, 0.15) is 0 Å². The standard InChI is InChI=1S/C27H22N4O3/c1-16-24(29-15-28-16)18-8-11-20(12-9-18)30-25(17-6-4-3-5-7-17)23-21-13-10-19(27(33)34-2)14-22(21)31-26(23)32/h3-15,30H,1-2H3,(H,28,29)(H,31,32)/b25-23-. The largest absolute Gasteiger partial charge is 0.465 e. The topological polar surface area (TPSA) is 96.1 Å². The number of aromatic nitrogens is 2. The highest BCUT2D eigenvalue weighted by atomic mass is 16.5. The van der Waals surface area contributed by atoms with Gasteiger partial charge in [-0.3, -0.25) is 4.79 Å². The Morgan fingerprint density at radius 2 is 1.74 bits per heavy atom. The molecular formula is C27H22N4O3. The van der Waals surface area contributed by atoms with E-state index in [-0.39, 0.29) is 5.91 Å². The first-order valence-corrected chi connectivity index (χ1v) is 10.8. The minimum Gasteiger partial charge on any atom is -0.465 e. The number of H-pyrrole nitrogens is 1. The van der Waals surface area contributed by atoms with Crippen LogP contribution in [0.5, 0.6) is 0 Å². The van der Waals surface area contributed by atoms with E-state index in [1.165, 1.54) is 7.11 Å². The number of methoxy groups -OCH3 is 1. The molecule has 34 heavy (non-hydrogen) atoms. The molecule has 1 aliphatic rings. The van der Waals surface area contributed by atoms with E-state index in [2.05, 4.69) is 20.6 Å². The van der Waals surface area contributed by atoms with Crippen molar-refractivity contribution >= 4 is 34.5 Å². The van der Waals surface area contributed by atoms with Crippen LogP contribution in [0.3, 0.4) is 0 Å². The van der Waals surface area contributed by atoms with Gasteiger partial charge in [-0.1, -0.05) is 48.5 Å². The molecule has 0 fully saturated rings. The van der Waals surface area contributed by atoms with E-state index in [9.17, 15) is 9.59 Å². The third-order valence-electron chi connectivity index (χ3n) is 5.76. The first-order valence-electron chi connectivity index (χ1n) is 10.8. The molecule has 1 aliphatic heterocycles. The van der Waals surface area contributed by atoms with Crippen LogP contribution in [0.2, 0.25) is 0 Å². The van der Waals surface area contributed by atoms with Crippen LogP contribution in [0.1, 0.15) is 27.2 Å². The van der Waals surface area contributed by atoms with E-state index < -0.39 is 5.97 Å². The van der Waals surface area contributed by atoms with Crippen LogP contribution < -0.4 is 10.6 Å². The summed E-state index contributed by atoms with van der Waals surface area (Å²) in [7, 11) is 1.33. The number of esters is 1. The van der Waals surface area contributed by atoms with Crippen LogP contribution in [-0.2, 0) is 9.53 Å². The molecule has 5 rings (SSSR count). The Morgan fingerprint density at radius 3 is 2.41 bits per heavy atom. The highest BCUT2D eigenvalue weighted by molar-refractivity contribution is 6.37. The number of nitrogens with zero attached hydrogens (tertiary/aromatic N) is 1. The molecule has 0 spiro atoms. The number of imidazole rings is 1. The van der Waals surface area contributed by atoms with E-state index in [4.69, 9.17) is 4.74 Å². The van der Waals surface area contributed by atoms with Crippen LogP contribution in [0, 0.1) is 6.92 Å². The molecule has 0 aliphatic carbocycles. The Balaban J connectivity index is 1.58. The molecule has 1 aromatic heterocycles. The van der Waals surface area contributed by atoms with Crippen molar-refractivity contribution in [1.82, 2.24) is 9.97 Å². The third kappa shape index (κ3) is 3.84. The fourth-order valence-corrected chi connectivity index (χ4v) is 4.06. The zero-order valence-corrected chi connectivity index (χ0v) is 18.7. The SMILES string of the molecule is COC(=O)c1ccc2c(c1)NC(=O)/C2=C(\Nc1ccc(-c2nc[nH]c2C)cc1)c1ccccc1. The number of fused-ring (bicyclic) bond motifs is 1. The zero-order chi connectivity index (χ0) is 23.7. The van der Waals surface area contributed by atoms with Crippen LogP contribution in [0.4, 0.5) is 11.4 Å². The molecular weight excluding hydrogens is 428 g/mol. The number of carbonyl (C=O) groups is 2. The van der Waals surface area contributed by atoms with Gasteiger partial charge >= 0.3 is 5.97 Å². The average molecular weight is 450 g/mol. The predicted molar refractivity (Wildman–Crippen MR) is 132 cm³/mol. The van der Waals surface area contributed by atoms with Crippen molar-refractivity contribution in [1.29, 1.82) is 0 Å². The zero-order valence-electron chi connectivity index (χ0n) is 18.7. The molecule has 7 nitrogen and oxygen atoms in total. The van der Waals surface area contributed by atoms with Gasteiger partial charge in [-0.15, -0.1) is 0 Å². The lowest BCUT2D eigenvalue weighted by Crippen LogP contribution is -2.10. The fourth-order valence-electron chi connectivity index (χ4n) is 4.06. The lowest BCUT2D eigenvalue weighted by Gasteiger charge is -2.15. The minimum absolute atomic E-state index is 0.243. The van der Waals surface area contributed by atoms with Gasteiger partial charge < -0.3 is 20.4 Å². The first kappa shape index (κ1) is 21.2. The molecule has 4 aromatic rings. The van der Waals surface area contributed by atoms with Crippen molar-refractivity contribution in [3.05, 3.63) is 102 Å². The first-order chi connectivity index (χ1) is 16.5. The minimum atomic E-state index is -0.455. The normalized spacial score (nSPS) is 13.8. The molecule has 0 saturated heterocycles. The van der Waals surface area contributed by atoms with E-state index in [0.29, 0.717) is 28.1 Å². The van der Waals surface area contributed by atoms with Crippen molar-refractivity contribution in [2.45, 2.75) is 6.92 Å². The second-order valence-corrected chi connectivity index (χ2v) is 7.90. The summed E-state index contributed by atoms with van der Waals surface area (Å²) in [5.41, 5.74) is 7.43. The summed E-state index contributed by atoms with van der Waals surface area (Å²) < 4.78 is 4.81. The van der Waals surface area contributed by atoms with Crippen molar-refractivity contribution in [2.24, 2.45) is 0 Å². The van der Waals surface area contributed by atoms with Gasteiger partial charge in [0.2, 0.25) is 0 Å². The molecule has 3 aromatic carbocycles. The molecule has 168 valence electrons. The van der Waals surface area contributed by atoms with Gasteiger partial charge in [-0.05, 0) is 36.8 Å². The lowest BCUT2D eigenvalue weighted by molar-refractivity contribution is -0.110. The number of carbonyl (C=O) groups excluding carboxylic acids is 2. The maximum absolute atomic E-state index is 13.1. The van der Waals surface area contributed by atoms with E-state index in [0.717, 1.165) is 28.2 Å². The van der Waals surface area contributed by atoms with Gasteiger partial charge in [-0.25, -0.2) is 9.78 Å². The smallest absolute Gasteiger partial charge is 0.337 e. The molecule has 0 bridgehead atoms. The van der Waals surface area contributed by atoms with Crippen molar-refractivity contribution in [3.8, 4) is 11.3 Å². The molecule has 3 N–H and O–H groups in total. The summed E-state index contributed by atoms with van der Waals surface area (Å²) in [6.07, 6.45) is 1.68. The number of amides is 1. The number of ether oxygens (including phenoxy) is 1. The Hall–Kier alpha value is -4.65. The number of hydrogen-bond donors (Lipinski definition) is 3. The second kappa shape index (κ2) is 8.71. The van der Waals surface area contributed by atoms with Crippen LogP contribution >= 0.6 is 0 Å². The van der Waals surface area contributed by atoms with E-state index >= 15 is 0 Å². The van der Waals surface area contributed by atoms with Gasteiger partial charge in [0.05, 0.1) is 41.7 Å². The highest BCUT2D eigenvalue weighted by Gasteiger charge is 2.29. The molecule has 0 unspecified atom stereocenters. The Bertz CT molecular complexity index is 1420. The molecule has 2 heterocycles. The molecule has 7 heteroatoms. The summed E-state index contributed by atoms with van der Waals surface area (Å²) in [4.78, 5) is 32.5. The van der Waals surface area contributed by atoms with Crippen LogP contribution in [-0.4, -0.2) is 29.0 Å². The van der Waals surface area contributed by atoms with Crippen molar-refractivity contribution < 1.29 is 14.3 Å². The van der Waals surface area contributed by atoms with Gasteiger partial charge in [-0.2, -0.15) is 0 Å².